The molecule has 1 heterocycles. The molecular weight excluding hydrogens is 336 g/mol. The lowest BCUT2D eigenvalue weighted by Gasteiger charge is -2.29. The number of thiol groups is 1. The van der Waals surface area contributed by atoms with Crippen molar-refractivity contribution in [1.82, 2.24) is 20.3 Å². The molecule has 0 aliphatic carbocycles. The van der Waals surface area contributed by atoms with E-state index in [0.29, 0.717) is 18.6 Å². The molecule has 0 radical (unpaired) electrons. The first-order chi connectivity index (χ1) is 11.5. The quantitative estimate of drug-likeness (QED) is 0.424. The van der Waals surface area contributed by atoms with Crippen molar-refractivity contribution < 1.29 is 9.29 Å². The number of hydrogen-bond donors (Lipinski definition) is 3. The molecule has 25 heavy (non-hydrogen) atoms. The van der Waals surface area contributed by atoms with Crippen LogP contribution in [0, 0.1) is 5.92 Å². The van der Waals surface area contributed by atoms with Gasteiger partial charge in [0, 0.05) is 18.1 Å². The Hall–Kier alpha value is -0.630. The molecule has 0 saturated carbocycles. The molecule has 1 aromatic rings. The Kier molecular flexibility index (Phi) is 10.9. The summed E-state index contributed by atoms with van der Waals surface area (Å²) in [6, 6.07) is 0.437. The Bertz CT molecular complexity index is 473. The van der Waals surface area contributed by atoms with Crippen molar-refractivity contribution in [3.05, 3.63) is 11.9 Å². The highest BCUT2D eigenvalue weighted by Gasteiger charge is 2.26. The maximum atomic E-state index is 6.69. The van der Waals surface area contributed by atoms with Gasteiger partial charge in [-0.15, -0.1) is 5.10 Å². The lowest BCUT2D eigenvalue weighted by atomic mass is 9.86. The molecule has 0 spiro atoms. The Balaban J connectivity index is 0.00000277. The summed E-state index contributed by atoms with van der Waals surface area (Å²) in [4.78, 5) is 0. The molecule has 6 nitrogen and oxygen atoms in total. The minimum atomic E-state index is -0.0664. The van der Waals surface area contributed by atoms with Gasteiger partial charge >= 0.3 is 0 Å². The fourth-order valence-corrected chi connectivity index (χ4v) is 2.71. The highest BCUT2D eigenvalue weighted by Crippen LogP contribution is 2.27. The van der Waals surface area contributed by atoms with Crippen LogP contribution in [0.25, 0.3) is 0 Å². The zero-order chi connectivity index (χ0) is 19.7. The summed E-state index contributed by atoms with van der Waals surface area (Å²) >= 11 is 2.53. The monoisotopic (exact) mass is 374 g/mol. The number of rotatable bonds is 10. The van der Waals surface area contributed by atoms with Gasteiger partial charge in [0.25, 0.3) is 0 Å². The highest BCUT2D eigenvalue weighted by molar-refractivity contribution is 7.74. The molecule has 0 fully saturated rings. The van der Waals surface area contributed by atoms with Crippen LogP contribution >= 0.6 is 12.9 Å². The third kappa shape index (κ3) is 10.2. The first kappa shape index (κ1) is 24.4. The summed E-state index contributed by atoms with van der Waals surface area (Å²) in [6.07, 6.45) is 4.05. The molecule has 0 saturated heterocycles. The topological polar surface area (TPSA) is 72.2 Å². The van der Waals surface area contributed by atoms with E-state index in [0.717, 1.165) is 25.1 Å². The second-order valence-corrected chi connectivity index (χ2v) is 8.50. The molecule has 0 bridgehead atoms. The summed E-state index contributed by atoms with van der Waals surface area (Å²) in [7, 11) is 0. The van der Waals surface area contributed by atoms with E-state index < -0.39 is 0 Å². The van der Waals surface area contributed by atoms with Crippen LogP contribution in [0.5, 0.6) is 0 Å². The van der Waals surface area contributed by atoms with Crippen LogP contribution in [0.4, 0.5) is 0 Å². The Morgan fingerprint density at radius 3 is 2.32 bits per heavy atom. The molecule has 0 amide bonds. The van der Waals surface area contributed by atoms with Gasteiger partial charge in [0.15, 0.2) is 0 Å². The molecule has 0 aliphatic rings. The zero-order valence-corrected chi connectivity index (χ0v) is 18.1. The molecule has 7 heteroatoms. The average molecular weight is 375 g/mol. The van der Waals surface area contributed by atoms with Crippen LogP contribution in [0.1, 0.15) is 73.9 Å². The molecule has 148 valence electrons. The molecular formula is C18H38N4O2S. The summed E-state index contributed by atoms with van der Waals surface area (Å²) in [5.41, 5.74) is 0.917. The molecule has 0 unspecified atom stereocenters. The lowest BCUT2D eigenvalue weighted by Crippen LogP contribution is -2.29. The largest absolute Gasteiger partial charge is 0.376 e. The van der Waals surface area contributed by atoms with Gasteiger partial charge in [0.1, 0.15) is 0 Å². The van der Waals surface area contributed by atoms with Gasteiger partial charge in [-0.3, -0.25) is 5.32 Å². The van der Waals surface area contributed by atoms with Crippen molar-refractivity contribution in [2.75, 3.05) is 6.61 Å². The summed E-state index contributed by atoms with van der Waals surface area (Å²) in [5.74, 6) is 0.645. The van der Waals surface area contributed by atoms with Gasteiger partial charge in [-0.2, -0.15) is 0 Å². The number of ether oxygens (including phenoxy) is 1. The van der Waals surface area contributed by atoms with Crippen molar-refractivity contribution >= 4 is 12.9 Å². The zero-order valence-electron chi connectivity index (χ0n) is 17.2. The second kappa shape index (κ2) is 11.2. The smallest absolute Gasteiger partial charge is 0.0923 e. The number of nitrogens with one attached hydrogen (secondary N) is 1. The fraction of sp³-hybridized carbons (Fsp3) is 0.889. The van der Waals surface area contributed by atoms with E-state index >= 15 is 0 Å². The van der Waals surface area contributed by atoms with Crippen molar-refractivity contribution in [1.29, 1.82) is 0 Å². The lowest BCUT2D eigenvalue weighted by molar-refractivity contribution is -0.0372. The van der Waals surface area contributed by atoms with E-state index in [4.69, 9.17) is 9.29 Å². The van der Waals surface area contributed by atoms with E-state index in [-0.39, 0.29) is 11.0 Å². The molecule has 0 atom stereocenters. The van der Waals surface area contributed by atoms with E-state index in [1.54, 1.807) is 0 Å². The van der Waals surface area contributed by atoms with Gasteiger partial charge in [-0.05, 0) is 59.4 Å². The Labute approximate surface area is 159 Å². The van der Waals surface area contributed by atoms with Crippen LogP contribution in [-0.2, 0) is 16.8 Å². The van der Waals surface area contributed by atoms with Crippen LogP contribution in [-0.4, -0.2) is 37.8 Å². The first-order valence-corrected chi connectivity index (χ1v) is 9.40. The molecule has 1 rings (SSSR count). The minimum Gasteiger partial charge on any atom is -0.376 e. The van der Waals surface area contributed by atoms with Crippen LogP contribution in [0.3, 0.4) is 0 Å². The van der Waals surface area contributed by atoms with Gasteiger partial charge in [-0.25, -0.2) is 4.68 Å². The second-order valence-electron chi connectivity index (χ2n) is 8.50. The Morgan fingerprint density at radius 2 is 1.80 bits per heavy atom. The predicted molar refractivity (Wildman–Crippen MR) is 107 cm³/mol. The number of nitrogens with zero attached hydrogens (tertiary/aromatic N) is 3. The van der Waals surface area contributed by atoms with E-state index in [9.17, 15) is 0 Å². The van der Waals surface area contributed by atoms with E-state index in [1.807, 2.05) is 10.9 Å². The van der Waals surface area contributed by atoms with Crippen molar-refractivity contribution in [2.45, 2.75) is 92.0 Å². The summed E-state index contributed by atoms with van der Waals surface area (Å²) in [6.45, 7) is 18.9. The van der Waals surface area contributed by atoms with Crippen molar-refractivity contribution in [3.63, 3.8) is 0 Å². The maximum absolute atomic E-state index is 6.69. The van der Waals surface area contributed by atoms with Gasteiger partial charge < -0.3 is 9.29 Å². The normalized spacial score (nSPS) is 12.5. The standard InChI is InChI=1S/C18H36N4O.H2OS/c1-14(2)11-18(7,8)23-10-9-17(5,6)16-12-22(21-20-16)13-19-15(3)4;1-2/h12,14-15,19H,9-11,13H2,1-8H3;1-2H. The molecule has 1 aromatic heterocycles. The third-order valence-corrected chi connectivity index (χ3v) is 4.01. The van der Waals surface area contributed by atoms with E-state index in [2.05, 4.69) is 83.9 Å². The number of hydrogen-bond acceptors (Lipinski definition) is 6. The number of aromatic nitrogens is 3. The van der Waals surface area contributed by atoms with Crippen molar-refractivity contribution in [2.24, 2.45) is 5.92 Å². The third-order valence-electron chi connectivity index (χ3n) is 4.01. The SMILES string of the molecule is CC(C)CC(C)(C)OCCC(C)(C)c1cn(CNC(C)C)nn1.OS. The van der Waals surface area contributed by atoms with Gasteiger partial charge in [-0.1, -0.05) is 32.9 Å². The molecule has 2 N–H and O–H groups in total. The van der Waals surface area contributed by atoms with Gasteiger partial charge in [0.05, 0.1) is 24.2 Å². The fourth-order valence-electron chi connectivity index (χ4n) is 2.71. The van der Waals surface area contributed by atoms with Crippen molar-refractivity contribution in [3.8, 4) is 0 Å². The van der Waals surface area contributed by atoms with E-state index in [1.165, 1.54) is 0 Å². The molecule has 0 aromatic carbocycles. The van der Waals surface area contributed by atoms with Crippen LogP contribution in [0.15, 0.2) is 6.20 Å². The van der Waals surface area contributed by atoms with Crippen LogP contribution in [0.2, 0.25) is 0 Å². The highest BCUT2D eigenvalue weighted by atomic mass is 32.1. The first-order valence-electron chi connectivity index (χ1n) is 9.00. The predicted octanol–water partition coefficient (Wildman–Crippen LogP) is 4.13. The summed E-state index contributed by atoms with van der Waals surface area (Å²) < 4.78 is 14.7. The van der Waals surface area contributed by atoms with Crippen LogP contribution < -0.4 is 5.32 Å². The molecule has 0 aliphatic heterocycles. The average Bonchev–Trinajstić information content (AvgIpc) is 2.95. The Morgan fingerprint density at radius 1 is 1.20 bits per heavy atom. The minimum absolute atomic E-state index is 0.0377. The maximum Gasteiger partial charge on any atom is 0.0923 e. The van der Waals surface area contributed by atoms with Gasteiger partial charge in [0.2, 0.25) is 0 Å². The summed E-state index contributed by atoms with van der Waals surface area (Å²) in [5, 5.41) is 11.9.